The summed E-state index contributed by atoms with van der Waals surface area (Å²) in [5.41, 5.74) is 1.44. The molecule has 0 bridgehead atoms. The Morgan fingerprint density at radius 3 is 3.00 bits per heavy atom. The second-order valence-electron chi connectivity index (χ2n) is 4.47. The number of hydrogen-bond donors (Lipinski definition) is 1. The van der Waals surface area contributed by atoms with E-state index < -0.39 is 0 Å². The molecule has 1 heterocycles. The van der Waals surface area contributed by atoms with Crippen molar-refractivity contribution in [2.45, 2.75) is 32.1 Å². The number of ether oxygens (including phenoxy) is 1. The van der Waals surface area contributed by atoms with E-state index in [1.54, 1.807) is 0 Å². The molecule has 2 aliphatic rings. The van der Waals surface area contributed by atoms with Gasteiger partial charge in [0.25, 0.3) is 0 Å². The summed E-state index contributed by atoms with van der Waals surface area (Å²) in [6.07, 6.45) is 9.18. The third-order valence-corrected chi connectivity index (χ3v) is 3.29. The van der Waals surface area contributed by atoms with Crippen molar-refractivity contribution < 1.29 is 4.74 Å². The number of hydrogen-bond acceptors (Lipinski definition) is 2. The first-order chi connectivity index (χ1) is 6.95. The molecule has 0 aromatic heterocycles. The van der Waals surface area contributed by atoms with Crippen molar-refractivity contribution in [3.05, 3.63) is 11.6 Å². The predicted molar refractivity (Wildman–Crippen MR) is 58.3 cm³/mol. The van der Waals surface area contributed by atoms with E-state index in [0.717, 1.165) is 32.1 Å². The molecule has 1 aliphatic heterocycles. The van der Waals surface area contributed by atoms with E-state index in [4.69, 9.17) is 4.74 Å². The fourth-order valence-electron chi connectivity index (χ4n) is 2.07. The summed E-state index contributed by atoms with van der Waals surface area (Å²) in [6.45, 7) is 3.97. The van der Waals surface area contributed by atoms with Crippen LogP contribution in [-0.2, 0) is 4.74 Å². The van der Waals surface area contributed by atoms with Gasteiger partial charge in [0.2, 0.25) is 0 Å². The fourth-order valence-corrected chi connectivity index (χ4v) is 2.07. The third-order valence-electron chi connectivity index (χ3n) is 3.29. The molecule has 0 aromatic carbocycles. The van der Waals surface area contributed by atoms with Crippen LogP contribution in [0.15, 0.2) is 11.6 Å². The summed E-state index contributed by atoms with van der Waals surface area (Å²) < 4.78 is 5.38. The van der Waals surface area contributed by atoms with Gasteiger partial charge in [0.1, 0.15) is 0 Å². The molecule has 0 amide bonds. The Morgan fingerprint density at radius 2 is 2.36 bits per heavy atom. The zero-order chi connectivity index (χ0) is 9.64. The minimum atomic E-state index is 0.844. The zero-order valence-corrected chi connectivity index (χ0v) is 8.93. The molecule has 2 rings (SSSR count). The van der Waals surface area contributed by atoms with Crippen molar-refractivity contribution in [3.8, 4) is 0 Å². The smallest absolute Gasteiger partial charge is 0.0689 e. The average Bonchev–Trinajstić information content (AvgIpc) is 2.16. The Morgan fingerprint density at radius 1 is 1.43 bits per heavy atom. The zero-order valence-electron chi connectivity index (χ0n) is 8.93. The van der Waals surface area contributed by atoms with E-state index in [1.165, 1.54) is 37.8 Å². The minimum Gasteiger partial charge on any atom is -0.377 e. The molecule has 0 unspecified atom stereocenters. The standard InChI is InChI=1S/C12H21NO/c1-3-11(4-1)6-7-13-9-12-5-2-8-14-10-12/h5,11,13H,1-4,6-10H2. The lowest BCUT2D eigenvalue weighted by atomic mass is 9.83. The first-order valence-electron chi connectivity index (χ1n) is 5.91. The maximum absolute atomic E-state index is 5.38. The van der Waals surface area contributed by atoms with Crippen molar-refractivity contribution >= 4 is 0 Å². The lowest BCUT2D eigenvalue weighted by molar-refractivity contribution is 0.148. The van der Waals surface area contributed by atoms with E-state index in [0.29, 0.717) is 0 Å². The highest BCUT2D eigenvalue weighted by molar-refractivity contribution is 5.06. The molecule has 0 radical (unpaired) electrons. The Bertz CT molecular complexity index is 196. The van der Waals surface area contributed by atoms with Crippen molar-refractivity contribution in [3.63, 3.8) is 0 Å². The van der Waals surface area contributed by atoms with Crippen LogP contribution in [0, 0.1) is 5.92 Å². The molecular weight excluding hydrogens is 174 g/mol. The van der Waals surface area contributed by atoms with Gasteiger partial charge in [-0.1, -0.05) is 25.3 Å². The van der Waals surface area contributed by atoms with E-state index in [-0.39, 0.29) is 0 Å². The molecule has 1 saturated carbocycles. The highest BCUT2D eigenvalue weighted by Gasteiger charge is 2.16. The fraction of sp³-hybridized carbons (Fsp3) is 0.833. The summed E-state index contributed by atoms with van der Waals surface area (Å²) in [5, 5.41) is 3.51. The van der Waals surface area contributed by atoms with Gasteiger partial charge in [0.15, 0.2) is 0 Å². The highest BCUT2D eigenvalue weighted by Crippen LogP contribution is 2.28. The second kappa shape index (κ2) is 5.52. The lowest BCUT2D eigenvalue weighted by Crippen LogP contribution is -2.25. The first-order valence-corrected chi connectivity index (χ1v) is 5.91. The summed E-state index contributed by atoms with van der Waals surface area (Å²) in [4.78, 5) is 0. The van der Waals surface area contributed by atoms with E-state index >= 15 is 0 Å². The SMILES string of the molecule is C1=C(CNCCC2CCC2)COCC1. The maximum atomic E-state index is 5.38. The molecule has 0 aromatic rings. The number of nitrogens with one attached hydrogen (secondary N) is 1. The summed E-state index contributed by atoms with van der Waals surface area (Å²) in [7, 11) is 0. The molecule has 0 spiro atoms. The first kappa shape index (κ1) is 10.2. The predicted octanol–water partition coefficient (Wildman–Crippen LogP) is 2.11. The second-order valence-corrected chi connectivity index (χ2v) is 4.47. The van der Waals surface area contributed by atoms with Gasteiger partial charge in [-0.3, -0.25) is 0 Å². The van der Waals surface area contributed by atoms with Crippen LogP contribution in [-0.4, -0.2) is 26.3 Å². The minimum absolute atomic E-state index is 0.844. The molecular formula is C12H21NO. The van der Waals surface area contributed by atoms with Gasteiger partial charge in [-0.2, -0.15) is 0 Å². The Kier molecular flexibility index (Phi) is 4.02. The molecule has 0 saturated heterocycles. The van der Waals surface area contributed by atoms with Gasteiger partial charge in [0.05, 0.1) is 13.2 Å². The normalized spacial score (nSPS) is 23.0. The van der Waals surface area contributed by atoms with Crippen molar-refractivity contribution in [2.24, 2.45) is 5.92 Å². The quantitative estimate of drug-likeness (QED) is 0.536. The van der Waals surface area contributed by atoms with Gasteiger partial charge < -0.3 is 10.1 Å². The molecule has 1 N–H and O–H groups in total. The van der Waals surface area contributed by atoms with Crippen LogP contribution in [0.2, 0.25) is 0 Å². The molecule has 80 valence electrons. The Balaban J connectivity index is 1.51. The van der Waals surface area contributed by atoms with Gasteiger partial charge >= 0.3 is 0 Å². The van der Waals surface area contributed by atoms with Crippen molar-refractivity contribution in [2.75, 3.05) is 26.3 Å². The molecule has 14 heavy (non-hydrogen) atoms. The van der Waals surface area contributed by atoms with Crippen LogP contribution in [0.3, 0.4) is 0 Å². The largest absolute Gasteiger partial charge is 0.377 e. The van der Waals surface area contributed by atoms with Crippen molar-refractivity contribution in [1.82, 2.24) is 5.32 Å². The summed E-state index contributed by atoms with van der Waals surface area (Å²) in [6, 6.07) is 0. The topological polar surface area (TPSA) is 21.3 Å². The van der Waals surface area contributed by atoms with Crippen LogP contribution in [0.25, 0.3) is 0 Å². The van der Waals surface area contributed by atoms with Crippen LogP contribution < -0.4 is 5.32 Å². The van der Waals surface area contributed by atoms with E-state index in [9.17, 15) is 0 Å². The molecule has 1 aliphatic carbocycles. The van der Waals surface area contributed by atoms with Gasteiger partial charge in [-0.15, -0.1) is 0 Å². The van der Waals surface area contributed by atoms with Crippen molar-refractivity contribution in [1.29, 1.82) is 0 Å². The summed E-state index contributed by atoms with van der Waals surface area (Å²) >= 11 is 0. The molecule has 2 heteroatoms. The average molecular weight is 195 g/mol. The monoisotopic (exact) mass is 195 g/mol. The lowest BCUT2D eigenvalue weighted by Gasteiger charge is -2.25. The molecule has 1 fully saturated rings. The number of rotatable bonds is 5. The van der Waals surface area contributed by atoms with Crippen LogP contribution in [0.1, 0.15) is 32.1 Å². The molecule has 2 nitrogen and oxygen atoms in total. The molecule has 0 atom stereocenters. The van der Waals surface area contributed by atoms with Crippen LogP contribution in [0.5, 0.6) is 0 Å². The van der Waals surface area contributed by atoms with Gasteiger partial charge in [-0.25, -0.2) is 0 Å². The Labute approximate surface area is 86.7 Å². The Hall–Kier alpha value is -0.340. The third kappa shape index (κ3) is 3.10. The van der Waals surface area contributed by atoms with E-state index in [1.807, 2.05) is 0 Å². The van der Waals surface area contributed by atoms with Crippen LogP contribution >= 0.6 is 0 Å². The maximum Gasteiger partial charge on any atom is 0.0689 e. The highest BCUT2D eigenvalue weighted by atomic mass is 16.5. The van der Waals surface area contributed by atoms with Crippen LogP contribution in [0.4, 0.5) is 0 Å². The van der Waals surface area contributed by atoms with E-state index in [2.05, 4.69) is 11.4 Å². The van der Waals surface area contributed by atoms with Gasteiger partial charge in [-0.05, 0) is 30.9 Å². The summed E-state index contributed by atoms with van der Waals surface area (Å²) in [5.74, 6) is 1.03. The van der Waals surface area contributed by atoms with Gasteiger partial charge in [0, 0.05) is 6.54 Å².